The smallest absolute Gasteiger partial charge is 0.266 e. The molecule has 0 heterocycles. The van der Waals surface area contributed by atoms with Crippen LogP contribution in [0.1, 0.15) is 12.5 Å². The third kappa shape index (κ3) is 4.70. The molecule has 2 aromatic rings. The molecule has 0 unspecified atom stereocenters. The lowest BCUT2D eigenvalue weighted by molar-refractivity contribution is -0.112. The quantitative estimate of drug-likeness (QED) is 0.626. The number of anilines is 1. The fraction of sp³-hybridized carbons (Fsp3) is 0.111. The maximum Gasteiger partial charge on any atom is 0.266 e. The minimum absolute atomic E-state index is 0.0266. The lowest BCUT2D eigenvalue weighted by Crippen LogP contribution is -2.13. The first kappa shape index (κ1) is 16.8. The normalized spacial score (nSPS) is 10.7. The van der Waals surface area contributed by atoms with Crippen molar-refractivity contribution in [1.82, 2.24) is 0 Å². The summed E-state index contributed by atoms with van der Waals surface area (Å²) in [6.07, 6.45) is 1.55. The van der Waals surface area contributed by atoms with Crippen LogP contribution < -0.4 is 10.1 Å². The van der Waals surface area contributed by atoms with Gasteiger partial charge >= 0.3 is 0 Å². The molecule has 0 atom stereocenters. The first-order valence-corrected chi connectivity index (χ1v) is 7.84. The Kier molecular flexibility index (Phi) is 5.95. The molecule has 23 heavy (non-hydrogen) atoms. The van der Waals surface area contributed by atoms with E-state index in [-0.39, 0.29) is 5.57 Å². The van der Waals surface area contributed by atoms with E-state index in [0.717, 1.165) is 10.0 Å². The zero-order valence-corrected chi connectivity index (χ0v) is 14.1. The summed E-state index contributed by atoms with van der Waals surface area (Å²) in [5.41, 5.74) is 1.37. The third-order valence-corrected chi connectivity index (χ3v) is 3.70. The van der Waals surface area contributed by atoms with Crippen LogP contribution in [0, 0.1) is 11.3 Å². The molecule has 116 valence electrons. The molecule has 0 saturated heterocycles. The Hall–Kier alpha value is -2.58. The molecule has 1 amide bonds. The molecular formula is C18H15BrN2O2. The second-order valence-corrected chi connectivity index (χ2v) is 5.46. The van der Waals surface area contributed by atoms with Crippen LogP contribution in [0.4, 0.5) is 5.69 Å². The molecule has 1 N–H and O–H groups in total. The van der Waals surface area contributed by atoms with Crippen molar-refractivity contribution in [3.8, 4) is 11.8 Å². The first-order valence-electron chi connectivity index (χ1n) is 7.04. The van der Waals surface area contributed by atoms with Crippen LogP contribution in [0.5, 0.6) is 5.75 Å². The molecule has 0 bridgehead atoms. The Bertz CT molecular complexity index is 779. The fourth-order valence-corrected chi connectivity index (χ4v) is 2.32. The highest BCUT2D eigenvalue weighted by Gasteiger charge is 2.10. The van der Waals surface area contributed by atoms with Crippen LogP contribution in [0.25, 0.3) is 6.08 Å². The molecule has 0 radical (unpaired) electrons. The number of ether oxygens (including phenoxy) is 1. The van der Waals surface area contributed by atoms with Crippen molar-refractivity contribution in [2.45, 2.75) is 6.92 Å². The molecule has 0 aliphatic heterocycles. The van der Waals surface area contributed by atoms with Gasteiger partial charge in [0.05, 0.1) is 6.61 Å². The zero-order chi connectivity index (χ0) is 16.7. The van der Waals surface area contributed by atoms with Gasteiger partial charge in [0.2, 0.25) is 0 Å². The van der Waals surface area contributed by atoms with Gasteiger partial charge in [0, 0.05) is 16.2 Å². The van der Waals surface area contributed by atoms with E-state index in [4.69, 9.17) is 4.74 Å². The highest BCUT2D eigenvalue weighted by atomic mass is 79.9. The lowest BCUT2D eigenvalue weighted by atomic mass is 10.1. The standard InChI is InChI=1S/C18H15BrN2O2/c1-2-23-16-8-5-7-15(11-16)21-18(22)14(12-20)10-13-6-3-4-9-17(13)19/h3-11H,2H2,1H3,(H,21,22)/b14-10-. The van der Waals surface area contributed by atoms with E-state index in [0.29, 0.717) is 18.0 Å². The predicted octanol–water partition coefficient (Wildman–Crippen LogP) is 4.39. The summed E-state index contributed by atoms with van der Waals surface area (Å²) in [7, 11) is 0. The molecule has 2 aromatic carbocycles. The van der Waals surface area contributed by atoms with Gasteiger partial charge in [-0.25, -0.2) is 0 Å². The highest BCUT2D eigenvalue weighted by molar-refractivity contribution is 9.10. The topological polar surface area (TPSA) is 62.1 Å². The van der Waals surface area contributed by atoms with Crippen LogP contribution in [0.3, 0.4) is 0 Å². The molecule has 4 nitrogen and oxygen atoms in total. The Morgan fingerprint density at radius 3 is 2.78 bits per heavy atom. The fourth-order valence-electron chi connectivity index (χ4n) is 1.92. The Balaban J connectivity index is 2.20. The van der Waals surface area contributed by atoms with Crippen LogP contribution in [-0.2, 0) is 4.79 Å². The van der Waals surface area contributed by atoms with Crippen molar-refractivity contribution in [3.05, 3.63) is 64.1 Å². The molecular weight excluding hydrogens is 356 g/mol. The van der Waals surface area contributed by atoms with Gasteiger partial charge in [-0.15, -0.1) is 0 Å². The minimum atomic E-state index is -0.461. The van der Waals surface area contributed by atoms with Crippen LogP contribution in [0.15, 0.2) is 58.6 Å². The summed E-state index contributed by atoms with van der Waals surface area (Å²) in [4.78, 5) is 12.3. The summed E-state index contributed by atoms with van der Waals surface area (Å²) < 4.78 is 6.21. The van der Waals surface area contributed by atoms with Gasteiger partial charge in [0.15, 0.2) is 0 Å². The maximum absolute atomic E-state index is 12.3. The zero-order valence-electron chi connectivity index (χ0n) is 12.5. The summed E-state index contributed by atoms with van der Waals surface area (Å²) in [6.45, 7) is 2.43. The second kappa shape index (κ2) is 8.16. The molecule has 2 rings (SSSR count). The van der Waals surface area contributed by atoms with Gasteiger partial charge in [-0.05, 0) is 36.8 Å². The Morgan fingerprint density at radius 2 is 2.09 bits per heavy atom. The SMILES string of the molecule is CCOc1cccc(NC(=O)/C(C#N)=C\c2ccccc2Br)c1. The second-order valence-electron chi connectivity index (χ2n) is 4.61. The van der Waals surface area contributed by atoms with Gasteiger partial charge in [0.1, 0.15) is 17.4 Å². The highest BCUT2D eigenvalue weighted by Crippen LogP contribution is 2.21. The van der Waals surface area contributed by atoms with Gasteiger partial charge in [-0.3, -0.25) is 4.79 Å². The van der Waals surface area contributed by atoms with E-state index in [1.165, 1.54) is 0 Å². The number of rotatable bonds is 5. The number of carbonyl (C=O) groups excluding carboxylic acids is 1. The third-order valence-electron chi connectivity index (χ3n) is 2.97. The minimum Gasteiger partial charge on any atom is -0.494 e. The average Bonchev–Trinajstić information content (AvgIpc) is 2.54. The average molecular weight is 371 g/mol. The van der Waals surface area contributed by atoms with E-state index < -0.39 is 5.91 Å². The van der Waals surface area contributed by atoms with Crippen molar-refractivity contribution < 1.29 is 9.53 Å². The van der Waals surface area contributed by atoms with Gasteiger partial charge in [0.25, 0.3) is 5.91 Å². The molecule has 0 aliphatic carbocycles. The van der Waals surface area contributed by atoms with Crippen molar-refractivity contribution in [3.63, 3.8) is 0 Å². The predicted molar refractivity (Wildman–Crippen MR) is 94.0 cm³/mol. The largest absolute Gasteiger partial charge is 0.494 e. The number of nitrogens with zero attached hydrogens (tertiary/aromatic N) is 1. The number of hydrogen-bond acceptors (Lipinski definition) is 3. The summed E-state index contributed by atoms with van der Waals surface area (Å²) in [5, 5.41) is 12.0. The van der Waals surface area contributed by atoms with Crippen molar-refractivity contribution >= 4 is 33.6 Å². The number of nitrogens with one attached hydrogen (secondary N) is 1. The number of amides is 1. The van der Waals surface area contributed by atoms with E-state index in [9.17, 15) is 10.1 Å². The van der Waals surface area contributed by atoms with Crippen molar-refractivity contribution in [2.24, 2.45) is 0 Å². The molecule has 0 aromatic heterocycles. The van der Waals surface area contributed by atoms with E-state index in [1.54, 1.807) is 30.3 Å². The van der Waals surface area contributed by atoms with E-state index in [2.05, 4.69) is 21.2 Å². The van der Waals surface area contributed by atoms with Crippen LogP contribution >= 0.6 is 15.9 Å². The Morgan fingerprint density at radius 1 is 1.30 bits per heavy atom. The molecule has 5 heteroatoms. The number of benzene rings is 2. The van der Waals surface area contributed by atoms with E-state index in [1.807, 2.05) is 37.3 Å². The van der Waals surface area contributed by atoms with E-state index >= 15 is 0 Å². The molecule has 0 fully saturated rings. The summed E-state index contributed by atoms with van der Waals surface area (Å²) in [5.74, 6) is 0.204. The molecule has 0 saturated carbocycles. The summed E-state index contributed by atoms with van der Waals surface area (Å²) in [6, 6.07) is 16.4. The van der Waals surface area contributed by atoms with Crippen molar-refractivity contribution in [2.75, 3.05) is 11.9 Å². The first-order chi connectivity index (χ1) is 11.1. The van der Waals surface area contributed by atoms with Crippen molar-refractivity contribution in [1.29, 1.82) is 5.26 Å². The Labute approximate surface area is 143 Å². The lowest BCUT2D eigenvalue weighted by Gasteiger charge is -2.07. The molecule has 0 spiro atoms. The maximum atomic E-state index is 12.3. The van der Waals surface area contributed by atoms with Crippen LogP contribution in [0.2, 0.25) is 0 Å². The number of carbonyl (C=O) groups is 1. The number of nitriles is 1. The molecule has 0 aliphatic rings. The number of hydrogen-bond donors (Lipinski definition) is 1. The number of halogens is 1. The summed E-state index contributed by atoms with van der Waals surface area (Å²) >= 11 is 3.39. The van der Waals surface area contributed by atoms with Gasteiger partial charge < -0.3 is 10.1 Å². The van der Waals surface area contributed by atoms with Gasteiger partial charge in [-0.1, -0.05) is 40.2 Å². The van der Waals surface area contributed by atoms with Crippen LogP contribution in [-0.4, -0.2) is 12.5 Å². The monoisotopic (exact) mass is 370 g/mol. The van der Waals surface area contributed by atoms with Gasteiger partial charge in [-0.2, -0.15) is 5.26 Å².